The molecule has 3 aliphatic rings. The maximum absolute atomic E-state index is 12.5. The number of rotatable bonds is 5. The summed E-state index contributed by atoms with van der Waals surface area (Å²) in [5.41, 5.74) is 0.947. The minimum atomic E-state index is -0.195. The summed E-state index contributed by atoms with van der Waals surface area (Å²) < 4.78 is 0. The van der Waals surface area contributed by atoms with Gasteiger partial charge in [-0.2, -0.15) is 0 Å². The molecule has 1 saturated carbocycles. The molecule has 0 radical (unpaired) electrons. The molecule has 0 unspecified atom stereocenters. The van der Waals surface area contributed by atoms with Crippen molar-refractivity contribution in [3.8, 4) is 0 Å². The molecule has 130 valence electrons. The van der Waals surface area contributed by atoms with Crippen molar-refractivity contribution in [3.63, 3.8) is 0 Å². The van der Waals surface area contributed by atoms with Gasteiger partial charge in [0.1, 0.15) is 0 Å². The summed E-state index contributed by atoms with van der Waals surface area (Å²) in [5, 5.41) is 3.46. The Kier molecular flexibility index (Phi) is 4.12. The van der Waals surface area contributed by atoms with Gasteiger partial charge < -0.3 is 5.32 Å². The summed E-state index contributed by atoms with van der Waals surface area (Å²) in [6.45, 7) is 0.563. The Hall–Kier alpha value is -2.14. The standard InChI is InChI=1S/C19H19ClN2O3/c20-14-5-1-11(2-6-14)10-21-15(23)7-8-22-18(24)16-12-3-4-13(9-12)17(16)19(22)25/h1-6,12-13,16-17H,7-10H2,(H,21,23)/t12-,13-,16+,17+/m0/s1. The zero-order valence-electron chi connectivity index (χ0n) is 13.7. The third kappa shape index (κ3) is 2.86. The molecule has 4 rings (SSSR count). The number of benzene rings is 1. The van der Waals surface area contributed by atoms with Crippen LogP contribution in [0.2, 0.25) is 5.02 Å². The molecule has 3 amide bonds. The monoisotopic (exact) mass is 358 g/mol. The lowest BCUT2D eigenvalue weighted by atomic mass is 9.85. The quantitative estimate of drug-likeness (QED) is 0.648. The number of hydrogen-bond acceptors (Lipinski definition) is 3. The number of imide groups is 1. The number of allylic oxidation sites excluding steroid dienone is 2. The zero-order chi connectivity index (χ0) is 17.6. The number of carbonyl (C=O) groups is 3. The Morgan fingerprint density at radius 3 is 2.28 bits per heavy atom. The van der Waals surface area contributed by atoms with Crippen LogP contribution in [-0.4, -0.2) is 29.2 Å². The molecule has 1 heterocycles. The van der Waals surface area contributed by atoms with E-state index in [2.05, 4.69) is 17.5 Å². The van der Waals surface area contributed by atoms with Crippen LogP contribution in [0.3, 0.4) is 0 Å². The summed E-state index contributed by atoms with van der Waals surface area (Å²) in [5.74, 6) is -0.354. The van der Waals surface area contributed by atoms with Gasteiger partial charge in [-0.05, 0) is 36.0 Å². The van der Waals surface area contributed by atoms with Gasteiger partial charge in [-0.1, -0.05) is 35.9 Å². The van der Waals surface area contributed by atoms with E-state index in [-0.39, 0.29) is 54.4 Å². The van der Waals surface area contributed by atoms with Crippen molar-refractivity contribution >= 4 is 29.3 Å². The highest BCUT2D eigenvalue weighted by Gasteiger charge is 2.58. The number of likely N-dealkylation sites (tertiary alicyclic amines) is 1. The second kappa shape index (κ2) is 6.30. The van der Waals surface area contributed by atoms with E-state index in [1.807, 2.05) is 12.1 Å². The highest BCUT2D eigenvalue weighted by molar-refractivity contribution is 6.30. The van der Waals surface area contributed by atoms with Gasteiger partial charge >= 0.3 is 0 Å². The number of hydrogen-bond donors (Lipinski definition) is 1. The number of carbonyl (C=O) groups excluding carboxylic acids is 3. The molecule has 1 aromatic rings. The molecule has 0 aromatic heterocycles. The lowest BCUT2D eigenvalue weighted by molar-refractivity contribution is -0.141. The van der Waals surface area contributed by atoms with E-state index in [1.165, 1.54) is 4.90 Å². The van der Waals surface area contributed by atoms with Gasteiger partial charge in [0.05, 0.1) is 11.8 Å². The number of amides is 3. The molecular weight excluding hydrogens is 340 g/mol. The third-order valence-corrected chi connectivity index (χ3v) is 5.78. The molecular formula is C19H19ClN2O3. The summed E-state index contributed by atoms with van der Waals surface area (Å²) >= 11 is 5.83. The summed E-state index contributed by atoms with van der Waals surface area (Å²) in [6.07, 6.45) is 5.19. The normalized spacial score (nSPS) is 29.4. The van der Waals surface area contributed by atoms with Crippen LogP contribution >= 0.6 is 11.6 Å². The summed E-state index contributed by atoms with van der Waals surface area (Å²) in [7, 11) is 0. The van der Waals surface area contributed by atoms with Gasteiger partial charge in [0.15, 0.2) is 0 Å². The molecule has 2 bridgehead atoms. The number of halogens is 1. The molecule has 5 nitrogen and oxygen atoms in total. The van der Waals surface area contributed by atoms with E-state index in [4.69, 9.17) is 11.6 Å². The van der Waals surface area contributed by atoms with Crippen molar-refractivity contribution in [2.45, 2.75) is 19.4 Å². The minimum Gasteiger partial charge on any atom is -0.352 e. The smallest absolute Gasteiger partial charge is 0.233 e. The second-order valence-electron chi connectivity index (χ2n) is 6.98. The van der Waals surface area contributed by atoms with E-state index in [0.717, 1.165) is 12.0 Å². The summed E-state index contributed by atoms with van der Waals surface area (Å²) in [4.78, 5) is 38.4. The number of fused-ring (bicyclic) bond motifs is 5. The highest BCUT2D eigenvalue weighted by atomic mass is 35.5. The average Bonchev–Trinajstić information content (AvgIpc) is 3.27. The Morgan fingerprint density at radius 2 is 1.68 bits per heavy atom. The van der Waals surface area contributed by atoms with Gasteiger partial charge in [-0.25, -0.2) is 0 Å². The lowest BCUT2D eigenvalue weighted by Gasteiger charge is -2.16. The predicted octanol–water partition coefficient (Wildman–Crippen LogP) is 2.15. The van der Waals surface area contributed by atoms with Crippen molar-refractivity contribution in [3.05, 3.63) is 47.0 Å². The van der Waals surface area contributed by atoms with Crippen LogP contribution in [0.5, 0.6) is 0 Å². The molecule has 0 spiro atoms. The first-order valence-electron chi connectivity index (χ1n) is 8.59. The highest BCUT2D eigenvalue weighted by Crippen LogP contribution is 2.52. The number of nitrogens with one attached hydrogen (secondary N) is 1. The van der Waals surface area contributed by atoms with Crippen LogP contribution in [0.15, 0.2) is 36.4 Å². The van der Waals surface area contributed by atoms with E-state index in [0.29, 0.717) is 11.6 Å². The van der Waals surface area contributed by atoms with Crippen LogP contribution < -0.4 is 5.32 Å². The molecule has 1 aromatic carbocycles. The molecule has 1 aliphatic heterocycles. The van der Waals surface area contributed by atoms with Gasteiger partial charge in [-0.15, -0.1) is 0 Å². The first kappa shape index (κ1) is 16.3. The predicted molar refractivity (Wildman–Crippen MR) is 92.4 cm³/mol. The van der Waals surface area contributed by atoms with Crippen LogP contribution in [-0.2, 0) is 20.9 Å². The lowest BCUT2D eigenvalue weighted by Crippen LogP contribution is -2.36. The molecule has 6 heteroatoms. The van der Waals surface area contributed by atoms with E-state index in [1.54, 1.807) is 12.1 Å². The van der Waals surface area contributed by atoms with Crippen molar-refractivity contribution in [2.75, 3.05) is 6.54 Å². The largest absolute Gasteiger partial charge is 0.352 e. The maximum Gasteiger partial charge on any atom is 0.233 e. The van der Waals surface area contributed by atoms with Gasteiger partial charge in [0.2, 0.25) is 17.7 Å². The third-order valence-electron chi connectivity index (χ3n) is 5.53. The molecule has 1 N–H and O–H groups in total. The Morgan fingerprint density at radius 1 is 1.08 bits per heavy atom. The maximum atomic E-state index is 12.5. The summed E-state index contributed by atoms with van der Waals surface area (Å²) in [6, 6.07) is 7.23. The van der Waals surface area contributed by atoms with Crippen molar-refractivity contribution < 1.29 is 14.4 Å². The van der Waals surface area contributed by atoms with Crippen LogP contribution in [0.1, 0.15) is 18.4 Å². The van der Waals surface area contributed by atoms with Crippen LogP contribution in [0, 0.1) is 23.7 Å². The first-order valence-corrected chi connectivity index (χ1v) is 8.97. The van der Waals surface area contributed by atoms with E-state index < -0.39 is 0 Å². The molecule has 1 saturated heterocycles. The van der Waals surface area contributed by atoms with Gasteiger partial charge in [0, 0.05) is 24.5 Å². The Labute approximate surface area is 151 Å². The van der Waals surface area contributed by atoms with Gasteiger partial charge in [-0.3, -0.25) is 19.3 Å². The van der Waals surface area contributed by atoms with Crippen LogP contribution in [0.4, 0.5) is 0 Å². The van der Waals surface area contributed by atoms with E-state index >= 15 is 0 Å². The minimum absolute atomic E-state index is 0.0997. The van der Waals surface area contributed by atoms with Crippen LogP contribution in [0.25, 0.3) is 0 Å². The van der Waals surface area contributed by atoms with Gasteiger partial charge in [0.25, 0.3) is 0 Å². The average molecular weight is 359 g/mol. The Bertz CT molecular complexity index is 728. The molecule has 25 heavy (non-hydrogen) atoms. The zero-order valence-corrected chi connectivity index (χ0v) is 14.4. The fourth-order valence-corrected chi connectivity index (χ4v) is 4.42. The van der Waals surface area contributed by atoms with Crippen molar-refractivity contribution in [2.24, 2.45) is 23.7 Å². The second-order valence-corrected chi connectivity index (χ2v) is 7.42. The van der Waals surface area contributed by atoms with Crippen molar-refractivity contribution in [1.82, 2.24) is 10.2 Å². The molecule has 2 aliphatic carbocycles. The topological polar surface area (TPSA) is 66.5 Å². The first-order chi connectivity index (χ1) is 12.0. The Balaban J connectivity index is 1.30. The molecule has 4 atom stereocenters. The fourth-order valence-electron chi connectivity index (χ4n) is 4.29. The fraction of sp³-hybridized carbons (Fsp3) is 0.421. The van der Waals surface area contributed by atoms with Crippen molar-refractivity contribution in [1.29, 1.82) is 0 Å². The van der Waals surface area contributed by atoms with E-state index in [9.17, 15) is 14.4 Å². The molecule has 2 fully saturated rings. The number of nitrogens with zero attached hydrogens (tertiary/aromatic N) is 1. The SMILES string of the molecule is O=C(CCN1C(=O)[C@H]2[C@H](C1=O)[C@H]1C=C[C@H]2C1)NCc1ccc(Cl)cc1.